The van der Waals surface area contributed by atoms with E-state index in [-0.39, 0.29) is 24.0 Å². The van der Waals surface area contributed by atoms with Crippen LogP contribution in [0, 0.1) is 0 Å². The van der Waals surface area contributed by atoms with Crippen LogP contribution < -0.4 is 20.1 Å². The lowest BCUT2D eigenvalue weighted by atomic mass is 10.2. The summed E-state index contributed by atoms with van der Waals surface area (Å²) >= 11 is 0. The highest BCUT2D eigenvalue weighted by molar-refractivity contribution is 14.0. The minimum absolute atomic E-state index is 0. The lowest BCUT2D eigenvalue weighted by Gasteiger charge is -2.12. The van der Waals surface area contributed by atoms with Gasteiger partial charge in [0.25, 0.3) is 0 Å². The van der Waals surface area contributed by atoms with Gasteiger partial charge in [-0.25, -0.2) is 9.98 Å². The van der Waals surface area contributed by atoms with Crippen LogP contribution in [0.5, 0.6) is 11.5 Å². The van der Waals surface area contributed by atoms with E-state index >= 15 is 0 Å². The summed E-state index contributed by atoms with van der Waals surface area (Å²) in [6.45, 7) is 6.42. The molecule has 0 saturated carbocycles. The van der Waals surface area contributed by atoms with Gasteiger partial charge in [-0.15, -0.1) is 24.0 Å². The van der Waals surface area contributed by atoms with Crippen LogP contribution in [-0.4, -0.2) is 41.0 Å². The number of aromatic nitrogens is 3. The molecule has 1 aromatic heterocycles. The topological polar surface area (TPSA) is 85.6 Å². The number of rotatable bonds is 8. The fourth-order valence-corrected chi connectivity index (χ4v) is 2.24. The molecule has 0 saturated heterocycles. The van der Waals surface area contributed by atoms with Gasteiger partial charge in [0.15, 0.2) is 17.5 Å². The number of methoxy groups -OCH3 is 1. The van der Waals surface area contributed by atoms with Gasteiger partial charge in [-0.3, -0.25) is 4.68 Å². The van der Waals surface area contributed by atoms with Crippen LogP contribution in [0.3, 0.4) is 0 Å². The minimum Gasteiger partial charge on any atom is -0.493 e. The van der Waals surface area contributed by atoms with E-state index < -0.39 is 0 Å². The highest BCUT2D eigenvalue weighted by Crippen LogP contribution is 2.28. The van der Waals surface area contributed by atoms with Crippen LogP contribution >= 0.6 is 24.0 Å². The monoisotopic (exact) mass is 474 g/mol. The van der Waals surface area contributed by atoms with Gasteiger partial charge in [-0.1, -0.05) is 6.07 Å². The lowest BCUT2D eigenvalue weighted by molar-refractivity contribution is 0.310. The molecule has 0 amide bonds. The average Bonchev–Trinajstić information content (AvgIpc) is 3.03. The molecular formula is C17H27IN6O2. The highest BCUT2D eigenvalue weighted by Gasteiger charge is 2.06. The molecule has 2 N–H and O–H groups in total. The van der Waals surface area contributed by atoms with E-state index in [1.807, 2.05) is 39.1 Å². The van der Waals surface area contributed by atoms with Crippen LogP contribution in [0.15, 0.2) is 29.5 Å². The number of ether oxygens (including phenoxy) is 2. The maximum absolute atomic E-state index is 5.61. The van der Waals surface area contributed by atoms with Crippen LogP contribution in [0.1, 0.15) is 25.2 Å². The number of halogens is 1. The molecule has 9 heteroatoms. The first kappa shape index (κ1) is 22.0. The predicted octanol–water partition coefficient (Wildman–Crippen LogP) is 2.10. The van der Waals surface area contributed by atoms with E-state index in [0.29, 0.717) is 19.7 Å². The number of aryl methyl sites for hydroxylation is 1. The van der Waals surface area contributed by atoms with Crippen molar-refractivity contribution in [3.63, 3.8) is 0 Å². The lowest BCUT2D eigenvalue weighted by Crippen LogP contribution is -2.37. The highest BCUT2D eigenvalue weighted by atomic mass is 127. The number of aliphatic imine (C=N–C) groups is 1. The number of nitrogens with zero attached hydrogens (tertiary/aromatic N) is 4. The number of benzene rings is 1. The standard InChI is InChI=1S/C17H26N6O2.HI/c1-5-18-17(20-11-16-21-12-22-23(16)3)19-10-13-7-8-14(24-4)15(9-13)25-6-2;/h7-9,12H,5-6,10-11H2,1-4H3,(H2,18,19,20);1H. The van der Waals surface area contributed by atoms with E-state index in [1.54, 1.807) is 11.8 Å². The first-order valence-corrected chi connectivity index (χ1v) is 8.32. The van der Waals surface area contributed by atoms with E-state index in [1.165, 1.54) is 6.33 Å². The van der Waals surface area contributed by atoms with Crippen molar-refractivity contribution in [1.29, 1.82) is 0 Å². The van der Waals surface area contributed by atoms with Crippen molar-refractivity contribution < 1.29 is 9.47 Å². The van der Waals surface area contributed by atoms with Gasteiger partial charge in [0, 0.05) is 13.6 Å². The second kappa shape index (κ2) is 11.6. The number of hydrogen-bond donors (Lipinski definition) is 2. The Balaban J connectivity index is 0.00000338. The number of nitrogens with one attached hydrogen (secondary N) is 2. The smallest absolute Gasteiger partial charge is 0.191 e. The first-order chi connectivity index (χ1) is 12.2. The molecule has 0 radical (unpaired) electrons. The molecule has 0 aliphatic carbocycles. The summed E-state index contributed by atoms with van der Waals surface area (Å²) in [4.78, 5) is 8.80. The van der Waals surface area contributed by atoms with Crippen molar-refractivity contribution >= 4 is 29.9 Å². The van der Waals surface area contributed by atoms with Gasteiger partial charge >= 0.3 is 0 Å². The third-order valence-electron chi connectivity index (χ3n) is 3.51. The van der Waals surface area contributed by atoms with Crippen molar-refractivity contribution in [3.8, 4) is 11.5 Å². The Hall–Kier alpha value is -2.04. The number of guanidine groups is 1. The van der Waals surface area contributed by atoms with Gasteiger partial charge < -0.3 is 20.1 Å². The van der Waals surface area contributed by atoms with Gasteiger partial charge in [0.2, 0.25) is 0 Å². The molecule has 0 unspecified atom stereocenters. The molecule has 8 nitrogen and oxygen atoms in total. The van der Waals surface area contributed by atoms with Crippen LogP contribution in [0.2, 0.25) is 0 Å². The van der Waals surface area contributed by atoms with Gasteiger partial charge in [-0.05, 0) is 31.5 Å². The Morgan fingerprint density at radius 2 is 2.04 bits per heavy atom. The molecule has 0 fully saturated rings. The fourth-order valence-electron chi connectivity index (χ4n) is 2.24. The van der Waals surface area contributed by atoms with E-state index in [4.69, 9.17) is 9.47 Å². The van der Waals surface area contributed by atoms with Crippen LogP contribution in [-0.2, 0) is 20.1 Å². The van der Waals surface area contributed by atoms with Crippen LogP contribution in [0.25, 0.3) is 0 Å². The third kappa shape index (κ3) is 6.36. The molecule has 0 bridgehead atoms. The van der Waals surface area contributed by atoms with Gasteiger partial charge in [0.1, 0.15) is 12.2 Å². The summed E-state index contributed by atoms with van der Waals surface area (Å²) in [5, 5.41) is 10.5. The summed E-state index contributed by atoms with van der Waals surface area (Å²) in [5.41, 5.74) is 1.04. The summed E-state index contributed by atoms with van der Waals surface area (Å²) in [6.07, 6.45) is 1.54. The van der Waals surface area contributed by atoms with E-state index in [9.17, 15) is 0 Å². The molecule has 1 aromatic carbocycles. The zero-order chi connectivity index (χ0) is 18.1. The molecule has 0 aliphatic heterocycles. The number of hydrogen-bond acceptors (Lipinski definition) is 5. The van der Waals surface area contributed by atoms with Crippen molar-refractivity contribution in [1.82, 2.24) is 25.4 Å². The average molecular weight is 474 g/mol. The molecule has 2 aromatic rings. The van der Waals surface area contributed by atoms with E-state index in [0.717, 1.165) is 35.4 Å². The van der Waals surface area contributed by atoms with Gasteiger partial charge in [-0.2, -0.15) is 5.10 Å². The Labute approximate surface area is 171 Å². The molecule has 2 rings (SSSR count). The molecule has 144 valence electrons. The maximum Gasteiger partial charge on any atom is 0.191 e. The molecular weight excluding hydrogens is 447 g/mol. The zero-order valence-electron chi connectivity index (χ0n) is 15.7. The Morgan fingerprint density at radius 3 is 2.65 bits per heavy atom. The summed E-state index contributed by atoms with van der Waals surface area (Å²) < 4.78 is 12.6. The minimum atomic E-state index is 0. The summed E-state index contributed by atoms with van der Waals surface area (Å²) in [6, 6.07) is 5.84. The largest absolute Gasteiger partial charge is 0.493 e. The SMILES string of the molecule is CCNC(=NCc1ccc(OC)c(OCC)c1)NCc1ncnn1C.I. The van der Waals surface area contributed by atoms with Crippen LogP contribution in [0.4, 0.5) is 0 Å². The Morgan fingerprint density at radius 1 is 1.23 bits per heavy atom. The molecule has 0 atom stereocenters. The second-order valence-electron chi connectivity index (χ2n) is 5.27. The van der Waals surface area contributed by atoms with Gasteiger partial charge in [0.05, 0.1) is 26.8 Å². The Bertz CT molecular complexity index is 704. The molecule has 0 aliphatic rings. The van der Waals surface area contributed by atoms with E-state index in [2.05, 4.69) is 25.7 Å². The first-order valence-electron chi connectivity index (χ1n) is 8.32. The van der Waals surface area contributed by atoms with Crippen molar-refractivity contribution in [2.75, 3.05) is 20.3 Å². The van der Waals surface area contributed by atoms with Crippen molar-refractivity contribution in [2.45, 2.75) is 26.9 Å². The molecule has 1 heterocycles. The van der Waals surface area contributed by atoms with Crippen molar-refractivity contribution in [2.24, 2.45) is 12.0 Å². The molecule has 0 spiro atoms. The third-order valence-corrected chi connectivity index (χ3v) is 3.51. The second-order valence-corrected chi connectivity index (χ2v) is 5.27. The summed E-state index contributed by atoms with van der Waals surface area (Å²) in [7, 11) is 3.50. The fraction of sp³-hybridized carbons (Fsp3) is 0.471. The maximum atomic E-state index is 5.61. The normalized spacial score (nSPS) is 10.8. The van der Waals surface area contributed by atoms with Crippen molar-refractivity contribution in [3.05, 3.63) is 35.9 Å². The Kier molecular flexibility index (Phi) is 9.78. The quantitative estimate of drug-likeness (QED) is 0.346. The zero-order valence-corrected chi connectivity index (χ0v) is 18.0. The molecule has 26 heavy (non-hydrogen) atoms. The summed E-state index contributed by atoms with van der Waals surface area (Å²) in [5.74, 6) is 3.02. The predicted molar refractivity (Wildman–Crippen MR) is 112 cm³/mol.